The number of nitrogens with one attached hydrogen (secondary N) is 1. The highest BCUT2D eigenvalue weighted by Crippen LogP contribution is 2.32. The Kier molecular flexibility index (Phi) is 3.71. The second-order valence-corrected chi connectivity index (χ2v) is 4.93. The number of anilines is 1. The molecule has 0 aliphatic heterocycles. The van der Waals surface area contributed by atoms with E-state index in [4.69, 9.17) is 0 Å². The number of halogens is 4. The maximum absolute atomic E-state index is 13.7. The summed E-state index contributed by atoms with van der Waals surface area (Å²) >= 11 is 1.03. The Morgan fingerprint density at radius 1 is 1.30 bits per heavy atom. The molecule has 0 atom stereocenters. The summed E-state index contributed by atoms with van der Waals surface area (Å²) in [5.74, 6) is -2.62. The zero-order valence-corrected chi connectivity index (χ0v) is 10.8. The van der Waals surface area contributed by atoms with Crippen molar-refractivity contribution in [3.8, 4) is 0 Å². The fraction of sp³-hybridized carbons (Fsp3) is 0.182. The van der Waals surface area contributed by atoms with Crippen LogP contribution in [0.5, 0.6) is 0 Å². The number of rotatable bonds is 2. The van der Waals surface area contributed by atoms with Crippen LogP contribution in [0.3, 0.4) is 0 Å². The van der Waals surface area contributed by atoms with E-state index in [9.17, 15) is 22.4 Å². The molecule has 20 heavy (non-hydrogen) atoms. The molecule has 9 heteroatoms. The Morgan fingerprint density at radius 3 is 2.55 bits per heavy atom. The lowest BCUT2D eigenvalue weighted by Gasteiger charge is -2.10. The maximum Gasteiger partial charge on any atom is 0.419 e. The zero-order valence-electron chi connectivity index (χ0n) is 9.95. The Bertz CT molecular complexity index is 653. The van der Waals surface area contributed by atoms with Crippen LogP contribution in [0.4, 0.5) is 22.7 Å². The number of aryl methyl sites for hydroxylation is 1. The van der Waals surface area contributed by atoms with E-state index in [2.05, 4.69) is 15.5 Å². The molecule has 0 bridgehead atoms. The molecule has 0 fully saturated rings. The molecule has 1 N–H and O–H groups in total. The number of hydrogen-bond acceptors (Lipinski definition) is 4. The second kappa shape index (κ2) is 5.16. The van der Waals surface area contributed by atoms with Gasteiger partial charge >= 0.3 is 6.18 Å². The van der Waals surface area contributed by atoms with Crippen molar-refractivity contribution in [2.75, 3.05) is 5.32 Å². The van der Waals surface area contributed by atoms with Crippen LogP contribution in [-0.4, -0.2) is 16.1 Å². The average molecular weight is 305 g/mol. The minimum atomic E-state index is -4.86. The van der Waals surface area contributed by atoms with E-state index in [1.165, 1.54) is 0 Å². The van der Waals surface area contributed by atoms with Crippen LogP contribution in [-0.2, 0) is 6.18 Å². The van der Waals surface area contributed by atoms with Gasteiger partial charge in [0.15, 0.2) is 0 Å². The van der Waals surface area contributed by atoms with Crippen LogP contribution < -0.4 is 5.32 Å². The van der Waals surface area contributed by atoms with Crippen molar-refractivity contribution in [1.82, 2.24) is 10.2 Å². The molecule has 0 saturated heterocycles. The van der Waals surface area contributed by atoms with Gasteiger partial charge in [0.2, 0.25) is 5.13 Å². The van der Waals surface area contributed by atoms with Crippen molar-refractivity contribution in [2.45, 2.75) is 13.1 Å². The van der Waals surface area contributed by atoms with Gasteiger partial charge in [-0.05, 0) is 19.1 Å². The molecule has 1 aromatic heterocycles. The molecule has 4 nitrogen and oxygen atoms in total. The standard InChI is InChI=1S/C11H7F4N3OS/c1-5-17-18-10(20-5)16-9(19)6-3-2-4-7(8(6)12)11(13,14)15/h2-4H,1H3,(H,16,18,19). The molecule has 1 amide bonds. The number of amides is 1. The summed E-state index contributed by atoms with van der Waals surface area (Å²) in [5.41, 5.74) is -2.19. The largest absolute Gasteiger partial charge is 0.419 e. The van der Waals surface area contributed by atoms with Crippen molar-refractivity contribution in [3.63, 3.8) is 0 Å². The molecule has 2 aromatic rings. The topological polar surface area (TPSA) is 54.9 Å². The lowest BCUT2D eigenvalue weighted by molar-refractivity contribution is -0.140. The average Bonchev–Trinajstić information content (AvgIpc) is 2.73. The lowest BCUT2D eigenvalue weighted by atomic mass is 10.1. The van der Waals surface area contributed by atoms with Crippen LogP contribution in [0.25, 0.3) is 0 Å². The van der Waals surface area contributed by atoms with Crippen molar-refractivity contribution in [3.05, 3.63) is 40.2 Å². The maximum atomic E-state index is 13.7. The smallest absolute Gasteiger partial charge is 0.296 e. The van der Waals surface area contributed by atoms with E-state index in [-0.39, 0.29) is 5.13 Å². The molecule has 2 rings (SSSR count). The molecule has 0 aliphatic rings. The Labute approximate surface area is 114 Å². The molecule has 0 radical (unpaired) electrons. The molecule has 0 spiro atoms. The van der Waals surface area contributed by atoms with Crippen molar-refractivity contribution in [2.24, 2.45) is 0 Å². The number of alkyl halides is 3. The van der Waals surface area contributed by atoms with Gasteiger partial charge in [0.1, 0.15) is 10.8 Å². The first-order valence-electron chi connectivity index (χ1n) is 5.26. The van der Waals surface area contributed by atoms with E-state index >= 15 is 0 Å². The summed E-state index contributed by atoms with van der Waals surface area (Å²) < 4.78 is 51.3. The normalized spacial score (nSPS) is 11.4. The van der Waals surface area contributed by atoms with E-state index in [0.717, 1.165) is 23.5 Å². The highest BCUT2D eigenvalue weighted by atomic mass is 32.1. The monoisotopic (exact) mass is 305 g/mol. The molecule has 1 aromatic carbocycles. The summed E-state index contributed by atoms with van der Waals surface area (Å²) in [5, 5.41) is 10.0. The fourth-order valence-electron chi connectivity index (χ4n) is 1.44. The van der Waals surface area contributed by atoms with Gasteiger partial charge in [-0.15, -0.1) is 10.2 Å². The molecular formula is C11H7F4N3OS. The Morgan fingerprint density at radius 2 is 2.00 bits per heavy atom. The van der Waals surface area contributed by atoms with Gasteiger partial charge in [-0.1, -0.05) is 17.4 Å². The van der Waals surface area contributed by atoms with Crippen LogP contribution >= 0.6 is 11.3 Å². The summed E-state index contributed by atoms with van der Waals surface area (Å²) in [6.07, 6.45) is -4.86. The van der Waals surface area contributed by atoms with E-state index < -0.39 is 29.0 Å². The number of carbonyl (C=O) groups is 1. The summed E-state index contributed by atoms with van der Waals surface area (Å²) in [6, 6.07) is 2.50. The Hall–Kier alpha value is -2.03. The SMILES string of the molecule is Cc1nnc(NC(=O)c2cccc(C(F)(F)F)c2F)s1. The first-order valence-corrected chi connectivity index (χ1v) is 6.08. The van der Waals surface area contributed by atoms with E-state index in [1.807, 2.05) is 0 Å². The molecular weight excluding hydrogens is 298 g/mol. The third-order valence-electron chi connectivity index (χ3n) is 2.30. The summed E-state index contributed by atoms with van der Waals surface area (Å²) in [6.45, 7) is 1.64. The van der Waals surface area contributed by atoms with Crippen molar-refractivity contribution >= 4 is 22.4 Å². The first-order chi connectivity index (χ1) is 9.29. The molecule has 0 aliphatic carbocycles. The second-order valence-electron chi connectivity index (χ2n) is 3.75. The fourth-order valence-corrected chi connectivity index (χ4v) is 2.02. The number of hydrogen-bond donors (Lipinski definition) is 1. The van der Waals surface area contributed by atoms with Gasteiger partial charge in [0.25, 0.3) is 5.91 Å². The van der Waals surface area contributed by atoms with Crippen molar-refractivity contribution in [1.29, 1.82) is 0 Å². The minimum absolute atomic E-state index is 0.0873. The third-order valence-corrected chi connectivity index (χ3v) is 3.05. The molecule has 0 unspecified atom stereocenters. The predicted molar refractivity (Wildman–Crippen MR) is 64.0 cm³/mol. The van der Waals surface area contributed by atoms with Crippen molar-refractivity contribution < 1.29 is 22.4 Å². The minimum Gasteiger partial charge on any atom is -0.296 e. The number of nitrogens with zero attached hydrogens (tertiary/aromatic N) is 2. The number of aromatic nitrogens is 2. The van der Waals surface area contributed by atoms with Gasteiger partial charge in [-0.2, -0.15) is 13.2 Å². The lowest BCUT2D eigenvalue weighted by Crippen LogP contribution is -2.17. The third kappa shape index (κ3) is 2.93. The molecule has 0 saturated carbocycles. The van der Waals surface area contributed by atoms with Crippen LogP contribution in [0.2, 0.25) is 0 Å². The van der Waals surface area contributed by atoms with Gasteiger partial charge in [0.05, 0.1) is 11.1 Å². The van der Waals surface area contributed by atoms with Crippen LogP contribution in [0.15, 0.2) is 18.2 Å². The number of benzene rings is 1. The van der Waals surface area contributed by atoms with E-state index in [1.54, 1.807) is 6.92 Å². The van der Waals surface area contributed by atoms with E-state index in [0.29, 0.717) is 11.1 Å². The van der Waals surface area contributed by atoms with Crippen LogP contribution in [0.1, 0.15) is 20.9 Å². The molecule has 1 heterocycles. The molecule has 106 valence electrons. The highest BCUT2D eigenvalue weighted by Gasteiger charge is 2.35. The van der Waals surface area contributed by atoms with Gasteiger partial charge < -0.3 is 0 Å². The first kappa shape index (κ1) is 14.4. The summed E-state index contributed by atoms with van der Waals surface area (Å²) in [4.78, 5) is 11.7. The zero-order chi connectivity index (χ0) is 14.9. The van der Waals surface area contributed by atoms with Crippen LogP contribution in [0, 0.1) is 12.7 Å². The Balaban J connectivity index is 2.31. The quantitative estimate of drug-likeness (QED) is 0.867. The number of carbonyl (C=O) groups excluding carboxylic acids is 1. The van der Waals surface area contributed by atoms with Gasteiger partial charge in [0, 0.05) is 0 Å². The summed E-state index contributed by atoms with van der Waals surface area (Å²) in [7, 11) is 0. The highest BCUT2D eigenvalue weighted by molar-refractivity contribution is 7.15. The predicted octanol–water partition coefficient (Wildman–Crippen LogP) is 3.26. The van der Waals surface area contributed by atoms with Gasteiger partial charge in [-0.3, -0.25) is 10.1 Å². The van der Waals surface area contributed by atoms with Gasteiger partial charge in [-0.25, -0.2) is 4.39 Å².